The molecule has 1 aliphatic carbocycles. The van der Waals surface area contributed by atoms with Gasteiger partial charge in [0.05, 0.1) is 12.1 Å². The van der Waals surface area contributed by atoms with Crippen LogP contribution >= 0.6 is 0 Å². The highest BCUT2D eigenvalue weighted by Gasteiger charge is 2.43. The number of alkyl halides is 5. The van der Waals surface area contributed by atoms with Gasteiger partial charge < -0.3 is 0 Å². The fraction of sp³-hybridized carbons (Fsp3) is 0.389. The van der Waals surface area contributed by atoms with Crippen molar-refractivity contribution in [3.05, 3.63) is 39.8 Å². The number of hydrogen-bond donors (Lipinski definition) is 0. The first-order valence-electron chi connectivity index (χ1n) is 8.50. The first-order valence-corrected chi connectivity index (χ1v) is 8.50. The Morgan fingerprint density at radius 2 is 1.76 bits per heavy atom. The SMILES string of the molecule is O=C1CCCC(=O)C1C(=O)c1cc2ccc(=O)n(CC(F)F)c2nc1C(F)(F)F. The molecule has 0 aliphatic heterocycles. The van der Waals surface area contributed by atoms with Crippen LogP contribution in [-0.2, 0) is 22.3 Å². The lowest BCUT2D eigenvalue weighted by molar-refractivity contribution is -0.142. The average Bonchev–Trinajstić information content (AvgIpc) is 2.61. The van der Waals surface area contributed by atoms with Crippen LogP contribution in [0.2, 0.25) is 0 Å². The van der Waals surface area contributed by atoms with E-state index in [9.17, 15) is 41.1 Å². The minimum absolute atomic E-state index is 0.113. The molecule has 1 saturated carbocycles. The summed E-state index contributed by atoms with van der Waals surface area (Å²) in [6, 6.07) is 2.61. The summed E-state index contributed by atoms with van der Waals surface area (Å²) >= 11 is 0. The van der Waals surface area contributed by atoms with Crippen molar-refractivity contribution in [2.75, 3.05) is 0 Å². The third-order valence-corrected chi connectivity index (χ3v) is 4.57. The van der Waals surface area contributed by atoms with E-state index in [-0.39, 0.29) is 24.6 Å². The van der Waals surface area contributed by atoms with E-state index < -0.39 is 64.9 Å². The molecule has 2 aromatic heterocycles. The molecule has 0 spiro atoms. The summed E-state index contributed by atoms with van der Waals surface area (Å²) in [6.07, 6.45) is -8.24. The summed E-state index contributed by atoms with van der Waals surface area (Å²) in [5.74, 6) is -4.74. The Labute approximate surface area is 159 Å². The fourth-order valence-corrected chi connectivity index (χ4v) is 3.28. The highest BCUT2D eigenvalue weighted by Crippen LogP contribution is 2.34. The number of fused-ring (bicyclic) bond motifs is 1. The van der Waals surface area contributed by atoms with E-state index in [1.54, 1.807) is 0 Å². The smallest absolute Gasteiger partial charge is 0.298 e. The molecule has 0 aromatic carbocycles. The van der Waals surface area contributed by atoms with Gasteiger partial charge in [-0.05, 0) is 18.6 Å². The zero-order valence-corrected chi connectivity index (χ0v) is 14.6. The van der Waals surface area contributed by atoms with E-state index in [0.29, 0.717) is 4.57 Å². The van der Waals surface area contributed by atoms with Crippen LogP contribution in [0.4, 0.5) is 22.0 Å². The zero-order chi connectivity index (χ0) is 21.5. The Kier molecular flexibility index (Phi) is 5.33. The summed E-state index contributed by atoms with van der Waals surface area (Å²) < 4.78 is 66.6. The maximum atomic E-state index is 13.6. The average molecular weight is 416 g/mol. The molecule has 0 unspecified atom stereocenters. The van der Waals surface area contributed by atoms with Crippen LogP contribution in [0.3, 0.4) is 0 Å². The third-order valence-electron chi connectivity index (χ3n) is 4.57. The molecule has 0 bridgehead atoms. The van der Waals surface area contributed by atoms with E-state index in [4.69, 9.17) is 0 Å². The lowest BCUT2D eigenvalue weighted by atomic mass is 9.81. The Morgan fingerprint density at radius 3 is 2.31 bits per heavy atom. The summed E-state index contributed by atoms with van der Waals surface area (Å²) in [5, 5.41) is -0.183. The largest absolute Gasteiger partial charge is 0.434 e. The molecular weight excluding hydrogens is 403 g/mol. The Bertz CT molecular complexity index is 1060. The van der Waals surface area contributed by atoms with Gasteiger partial charge in [0, 0.05) is 24.3 Å². The van der Waals surface area contributed by atoms with Crippen LogP contribution in [0.1, 0.15) is 35.3 Å². The number of carbonyl (C=O) groups excluding carboxylic acids is 3. The molecule has 11 heteroatoms. The number of aromatic nitrogens is 2. The van der Waals surface area contributed by atoms with Crippen LogP contribution in [0.5, 0.6) is 0 Å². The van der Waals surface area contributed by atoms with Gasteiger partial charge in [-0.25, -0.2) is 13.8 Å². The van der Waals surface area contributed by atoms with Crippen LogP contribution in [0.15, 0.2) is 23.0 Å². The number of ketones is 3. The lowest BCUT2D eigenvalue weighted by Gasteiger charge is -2.20. The van der Waals surface area contributed by atoms with Crippen LogP contribution in [0.25, 0.3) is 11.0 Å². The normalized spacial score (nSPS) is 16.1. The van der Waals surface area contributed by atoms with Crippen molar-refractivity contribution in [2.45, 2.75) is 38.4 Å². The molecule has 0 N–H and O–H groups in total. The quantitative estimate of drug-likeness (QED) is 0.435. The summed E-state index contributed by atoms with van der Waals surface area (Å²) in [6.45, 7) is -1.19. The molecular formula is C18H13F5N2O4. The number of carbonyl (C=O) groups is 3. The minimum atomic E-state index is -5.19. The topological polar surface area (TPSA) is 86.1 Å². The Hall–Kier alpha value is -2.98. The summed E-state index contributed by atoms with van der Waals surface area (Å²) in [4.78, 5) is 51.8. The molecule has 29 heavy (non-hydrogen) atoms. The number of pyridine rings is 2. The van der Waals surface area contributed by atoms with Crippen molar-refractivity contribution in [1.82, 2.24) is 9.55 Å². The van der Waals surface area contributed by atoms with Gasteiger partial charge in [-0.3, -0.25) is 23.7 Å². The highest BCUT2D eigenvalue weighted by molar-refractivity contribution is 6.25. The highest BCUT2D eigenvalue weighted by atomic mass is 19.4. The van der Waals surface area contributed by atoms with Gasteiger partial charge in [-0.15, -0.1) is 0 Å². The first kappa shape index (κ1) is 20.7. The molecule has 2 aromatic rings. The van der Waals surface area contributed by atoms with Crippen molar-refractivity contribution in [1.29, 1.82) is 0 Å². The molecule has 0 amide bonds. The zero-order valence-electron chi connectivity index (χ0n) is 14.6. The second kappa shape index (κ2) is 7.45. The molecule has 0 atom stereocenters. The maximum Gasteiger partial charge on any atom is 0.434 e. The Morgan fingerprint density at radius 1 is 1.14 bits per heavy atom. The monoisotopic (exact) mass is 416 g/mol. The molecule has 3 rings (SSSR count). The van der Waals surface area contributed by atoms with Gasteiger partial charge in [0.25, 0.3) is 12.0 Å². The van der Waals surface area contributed by atoms with Crippen molar-refractivity contribution in [3.8, 4) is 0 Å². The Balaban J connectivity index is 2.25. The standard InChI is InChI=1S/C18H13F5N2O4/c19-12(20)7-25-13(28)5-4-8-6-9(16(18(21,22)23)24-17(8)25)15(29)14-10(26)2-1-3-11(14)27/h4-6,12,14H,1-3,7H2. The van der Waals surface area contributed by atoms with Crippen molar-refractivity contribution >= 4 is 28.4 Å². The van der Waals surface area contributed by atoms with Gasteiger partial charge in [-0.1, -0.05) is 0 Å². The number of hydrogen-bond acceptors (Lipinski definition) is 5. The first-order chi connectivity index (χ1) is 13.5. The van der Waals surface area contributed by atoms with Crippen molar-refractivity contribution < 1.29 is 36.3 Å². The third kappa shape index (κ3) is 3.94. The second-order valence-electron chi connectivity index (χ2n) is 6.55. The van der Waals surface area contributed by atoms with Gasteiger partial charge in [0.15, 0.2) is 23.0 Å². The summed E-state index contributed by atoms with van der Waals surface area (Å²) in [5.41, 5.74) is -4.42. The van der Waals surface area contributed by atoms with Gasteiger partial charge in [0.2, 0.25) is 0 Å². The summed E-state index contributed by atoms with van der Waals surface area (Å²) in [7, 11) is 0. The fourth-order valence-electron chi connectivity index (χ4n) is 3.28. The van der Waals surface area contributed by atoms with E-state index in [1.165, 1.54) is 0 Å². The molecule has 0 radical (unpaired) electrons. The minimum Gasteiger partial charge on any atom is -0.298 e. The number of nitrogens with zero attached hydrogens (tertiary/aromatic N) is 2. The van der Waals surface area contributed by atoms with E-state index in [0.717, 1.165) is 18.2 Å². The number of Topliss-reactive ketones (excluding diaryl/α,β-unsaturated/α-hetero) is 3. The van der Waals surface area contributed by atoms with Crippen molar-refractivity contribution in [2.24, 2.45) is 5.92 Å². The van der Waals surface area contributed by atoms with Gasteiger partial charge >= 0.3 is 6.18 Å². The molecule has 1 fully saturated rings. The number of rotatable bonds is 4. The molecule has 2 heterocycles. The lowest BCUT2D eigenvalue weighted by Crippen LogP contribution is -2.36. The van der Waals surface area contributed by atoms with Gasteiger partial charge in [-0.2, -0.15) is 13.2 Å². The van der Waals surface area contributed by atoms with E-state index in [2.05, 4.69) is 4.98 Å². The second-order valence-corrected chi connectivity index (χ2v) is 6.55. The van der Waals surface area contributed by atoms with E-state index in [1.807, 2.05) is 0 Å². The van der Waals surface area contributed by atoms with E-state index >= 15 is 0 Å². The molecule has 154 valence electrons. The van der Waals surface area contributed by atoms with Crippen LogP contribution in [-0.4, -0.2) is 33.3 Å². The van der Waals surface area contributed by atoms with Gasteiger partial charge in [0.1, 0.15) is 11.6 Å². The molecule has 6 nitrogen and oxygen atoms in total. The molecule has 1 aliphatic rings. The predicted molar refractivity (Wildman–Crippen MR) is 88.7 cm³/mol. The van der Waals surface area contributed by atoms with Crippen molar-refractivity contribution in [3.63, 3.8) is 0 Å². The molecule has 0 saturated heterocycles. The van der Waals surface area contributed by atoms with Crippen LogP contribution in [0, 0.1) is 5.92 Å². The van der Waals surface area contributed by atoms with Crippen LogP contribution < -0.4 is 5.56 Å². The number of halogens is 5. The predicted octanol–water partition coefficient (Wildman–Crippen LogP) is 2.80. The maximum absolute atomic E-state index is 13.6.